The molecule has 1 aromatic heterocycles. The van der Waals surface area contributed by atoms with Crippen LogP contribution in [0.25, 0.3) is 11.0 Å². The lowest BCUT2D eigenvalue weighted by molar-refractivity contribution is 0.540. The van der Waals surface area contributed by atoms with Crippen LogP contribution in [0.1, 0.15) is 31.1 Å². The van der Waals surface area contributed by atoms with Crippen molar-refractivity contribution in [3.63, 3.8) is 0 Å². The highest BCUT2D eigenvalue weighted by Gasteiger charge is 2.18. The Morgan fingerprint density at radius 2 is 2.00 bits per heavy atom. The smallest absolute Gasteiger partial charge is 0.148 e. The fourth-order valence-electron chi connectivity index (χ4n) is 1.98. The van der Waals surface area contributed by atoms with Gasteiger partial charge in [0.2, 0.25) is 0 Å². The molecular weight excluding hydrogens is 334 g/mol. The molecule has 0 saturated carbocycles. The van der Waals surface area contributed by atoms with Gasteiger partial charge in [-0.25, -0.2) is 0 Å². The SMILES string of the molecule is CC(C)c1c(CN)oc2c(Br)cc(Br)cc12. The number of benzene rings is 1. The van der Waals surface area contributed by atoms with Gasteiger partial charge in [-0.15, -0.1) is 0 Å². The zero-order valence-corrected chi connectivity index (χ0v) is 12.4. The molecule has 1 aromatic carbocycles. The van der Waals surface area contributed by atoms with E-state index in [0.717, 1.165) is 25.7 Å². The Labute approximate surface area is 111 Å². The summed E-state index contributed by atoms with van der Waals surface area (Å²) in [6.07, 6.45) is 0. The summed E-state index contributed by atoms with van der Waals surface area (Å²) in [5.74, 6) is 1.28. The minimum Gasteiger partial charge on any atom is -0.458 e. The van der Waals surface area contributed by atoms with Gasteiger partial charge in [0.15, 0.2) is 0 Å². The van der Waals surface area contributed by atoms with Gasteiger partial charge in [0, 0.05) is 15.4 Å². The van der Waals surface area contributed by atoms with Crippen LogP contribution in [0.15, 0.2) is 25.5 Å². The highest BCUT2D eigenvalue weighted by atomic mass is 79.9. The topological polar surface area (TPSA) is 39.2 Å². The second kappa shape index (κ2) is 4.51. The van der Waals surface area contributed by atoms with Crippen molar-refractivity contribution in [1.29, 1.82) is 0 Å². The van der Waals surface area contributed by atoms with Crippen molar-refractivity contribution >= 4 is 42.8 Å². The number of hydrogen-bond acceptors (Lipinski definition) is 2. The molecule has 16 heavy (non-hydrogen) atoms. The quantitative estimate of drug-likeness (QED) is 0.866. The first kappa shape index (κ1) is 12.1. The van der Waals surface area contributed by atoms with Gasteiger partial charge in [0.1, 0.15) is 11.3 Å². The maximum atomic E-state index is 5.80. The maximum absolute atomic E-state index is 5.80. The molecule has 1 heterocycles. The van der Waals surface area contributed by atoms with Gasteiger partial charge in [-0.3, -0.25) is 0 Å². The van der Waals surface area contributed by atoms with Crippen molar-refractivity contribution in [2.45, 2.75) is 26.3 Å². The van der Waals surface area contributed by atoms with Crippen molar-refractivity contribution in [1.82, 2.24) is 0 Å². The average molecular weight is 347 g/mol. The van der Waals surface area contributed by atoms with Gasteiger partial charge >= 0.3 is 0 Å². The third-order valence-corrected chi connectivity index (χ3v) is 3.63. The lowest BCUT2D eigenvalue weighted by Gasteiger charge is -2.04. The molecule has 0 aliphatic rings. The summed E-state index contributed by atoms with van der Waals surface area (Å²) in [6, 6.07) is 4.06. The lowest BCUT2D eigenvalue weighted by atomic mass is 9.99. The Morgan fingerprint density at radius 1 is 1.31 bits per heavy atom. The van der Waals surface area contributed by atoms with Crippen molar-refractivity contribution in [2.24, 2.45) is 5.73 Å². The number of furan rings is 1. The van der Waals surface area contributed by atoms with Gasteiger partial charge in [-0.1, -0.05) is 29.8 Å². The first-order chi connectivity index (χ1) is 7.54. The number of fused-ring (bicyclic) bond motifs is 1. The van der Waals surface area contributed by atoms with E-state index in [0.29, 0.717) is 12.5 Å². The summed E-state index contributed by atoms with van der Waals surface area (Å²) in [7, 11) is 0. The lowest BCUT2D eigenvalue weighted by Crippen LogP contribution is -1.99. The van der Waals surface area contributed by atoms with E-state index in [-0.39, 0.29) is 0 Å². The average Bonchev–Trinajstić information content (AvgIpc) is 2.56. The summed E-state index contributed by atoms with van der Waals surface area (Å²) in [4.78, 5) is 0. The molecule has 86 valence electrons. The standard InChI is InChI=1S/C12H13Br2NO/c1-6(2)11-8-3-7(13)4-9(14)12(8)16-10(11)5-15/h3-4,6H,5,15H2,1-2H3. The molecule has 0 aliphatic heterocycles. The number of nitrogens with two attached hydrogens (primary N) is 1. The van der Waals surface area contributed by atoms with Crippen LogP contribution >= 0.6 is 31.9 Å². The molecule has 2 aromatic rings. The van der Waals surface area contributed by atoms with E-state index in [2.05, 4.69) is 51.8 Å². The summed E-state index contributed by atoms with van der Waals surface area (Å²) in [6.45, 7) is 4.74. The molecule has 2 N–H and O–H groups in total. The van der Waals surface area contributed by atoms with Crippen LogP contribution in [0.2, 0.25) is 0 Å². The van der Waals surface area contributed by atoms with Crippen molar-refractivity contribution in [2.75, 3.05) is 0 Å². The van der Waals surface area contributed by atoms with Gasteiger partial charge in [0.05, 0.1) is 11.0 Å². The molecular formula is C12H13Br2NO. The normalized spacial score (nSPS) is 11.6. The van der Waals surface area contributed by atoms with Crippen molar-refractivity contribution in [3.8, 4) is 0 Å². The molecule has 0 aliphatic carbocycles. The first-order valence-electron chi connectivity index (χ1n) is 5.15. The van der Waals surface area contributed by atoms with Crippen LogP contribution in [0.5, 0.6) is 0 Å². The minimum atomic E-state index is 0.404. The predicted molar refractivity (Wildman–Crippen MR) is 73.6 cm³/mol. The largest absolute Gasteiger partial charge is 0.458 e. The minimum absolute atomic E-state index is 0.404. The van der Waals surface area contributed by atoms with Gasteiger partial charge in [-0.05, 0) is 34.0 Å². The Bertz CT molecular complexity index is 531. The zero-order valence-electron chi connectivity index (χ0n) is 9.18. The molecule has 0 bridgehead atoms. The second-order valence-electron chi connectivity index (χ2n) is 4.06. The first-order valence-corrected chi connectivity index (χ1v) is 6.73. The zero-order chi connectivity index (χ0) is 11.9. The molecule has 2 nitrogen and oxygen atoms in total. The highest BCUT2D eigenvalue weighted by molar-refractivity contribution is 9.11. The maximum Gasteiger partial charge on any atom is 0.148 e. The third kappa shape index (κ3) is 1.94. The molecule has 0 fully saturated rings. The molecule has 0 amide bonds. The molecule has 0 spiro atoms. The van der Waals surface area contributed by atoms with E-state index in [1.165, 1.54) is 5.56 Å². The van der Waals surface area contributed by atoms with Crippen LogP contribution < -0.4 is 5.73 Å². The fourth-order valence-corrected chi connectivity index (χ4v) is 3.28. The van der Waals surface area contributed by atoms with Crippen molar-refractivity contribution in [3.05, 3.63) is 32.4 Å². The van der Waals surface area contributed by atoms with E-state index < -0.39 is 0 Å². The van der Waals surface area contributed by atoms with E-state index in [9.17, 15) is 0 Å². The number of rotatable bonds is 2. The van der Waals surface area contributed by atoms with E-state index in [4.69, 9.17) is 10.2 Å². The van der Waals surface area contributed by atoms with Crippen LogP contribution in [0.4, 0.5) is 0 Å². The summed E-state index contributed by atoms with van der Waals surface area (Å²) < 4.78 is 7.80. The molecule has 0 atom stereocenters. The summed E-state index contributed by atoms with van der Waals surface area (Å²) in [5, 5.41) is 1.14. The van der Waals surface area contributed by atoms with E-state index in [1.54, 1.807) is 0 Å². The highest BCUT2D eigenvalue weighted by Crippen LogP contribution is 2.37. The molecule has 0 unspecified atom stereocenters. The van der Waals surface area contributed by atoms with E-state index in [1.807, 2.05) is 6.07 Å². The van der Waals surface area contributed by atoms with Gasteiger partial charge in [0.25, 0.3) is 0 Å². The van der Waals surface area contributed by atoms with Crippen LogP contribution in [-0.4, -0.2) is 0 Å². The summed E-state index contributed by atoms with van der Waals surface area (Å²) >= 11 is 7.00. The van der Waals surface area contributed by atoms with Gasteiger partial charge in [-0.2, -0.15) is 0 Å². The fraction of sp³-hybridized carbons (Fsp3) is 0.333. The molecule has 0 saturated heterocycles. The predicted octanol–water partition coefficient (Wildman–Crippen LogP) is 4.54. The van der Waals surface area contributed by atoms with E-state index >= 15 is 0 Å². The third-order valence-electron chi connectivity index (χ3n) is 2.59. The van der Waals surface area contributed by atoms with Crippen LogP contribution in [-0.2, 0) is 6.54 Å². The Hall–Kier alpha value is -0.320. The summed E-state index contributed by atoms with van der Waals surface area (Å²) in [5.41, 5.74) is 7.81. The Kier molecular flexibility index (Phi) is 3.42. The molecule has 4 heteroatoms. The second-order valence-corrected chi connectivity index (χ2v) is 5.83. The number of hydrogen-bond donors (Lipinski definition) is 1. The molecule has 2 rings (SSSR count). The van der Waals surface area contributed by atoms with Crippen LogP contribution in [0, 0.1) is 0 Å². The Morgan fingerprint density at radius 3 is 2.56 bits per heavy atom. The number of halogens is 2. The van der Waals surface area contributed by atoms with Gasteiger partial charge < -0.3 is 10.2 Å². The van der Waals surface area contributed by atoms with Crippen molar-refractivity contribution < 1.29 is 4.42 Å². The van der Waals surface area contributed by atoms with Crippen LogP contribution in [0.3, 0.4) is 0 Å². The Balaban J connectivity index is 2.84. The molecule has 0 radical (unpaired) electrons. The monoisotopic (exact) mass is 345 g/mol.